The number of benzene rings is 2. The van der Waals surface area contributed by atoms with Gasteiger partial charge in [-0.3, -0.25) is 9.48 Å². The molecule has 6 heteroatoms. The first-order chi connectivity index (χ1) is 13.9. The minimum atomic E-state index is -0.104. The molecule has 0 N–H and O–H groups in total. The fraction of sp³-hybridized carbons (Fsp3) is 0.217. The molecule has 3 rings (SSSR count). The van der Waals surface area contributed by atoms with Crippen LogP contribution < -0.4 is 9.47 Å². The van der Waals surface area contributed by atoms with E-state index in [0.717, 1.165) is 22.4 Å². The van der Waals surface area contributed by atoms with E-state index in [-0.39, 0.29) is 5.78 Å². The Balaban J connectivity index is 1.77. The number of nitrogens with zero attached hydrogens (tertiary/aromatic N) is 2. The number of ether oxygens (including phenoxy) is 2. The summed E-state index contributed by atoms with van der Waals surface area (Å²) in [6, 6.07) is 13.1. The van der Waals surface area contributed by atoms with Crippen LogP contribution in [-0.2, 0) is 13.7 Å². The number of carbonyl (C=O) groups excluding carboxylic acids is 1. The highest BCUT2D eigenvalue weighted by Gasteiger charge is 2.10. The molecule has 2 aromatic carbocycles. The minimum Gasteiger partial charge on any atom is -0.496 e. The number of aromatic nitrogens is 2. The summed E-state index contributed by atoms with van der Waals surface area (Å²) in [6.07, 6.45) is 3.31. The second kappa shape index (κ2) is 8.97. The zero-order chi connectivity index (χ0) is 21.0. The number of aryl methyl sites for hydroxylation is 3. The van der Waals surface area contributed by atoms with Crippen molar-refractivity contribution in [2.24, 2.45) is 7.05 Å². The highest BCUT2D eigenvalue weighted by Crippen LogP contribution is 2.28. The number of allylic oxidation sites excluding steroid dienone is 1. The highest BCUT2D eigenvalue weighted by molar-refractivity contribution is 6.32. The molecule has 0 aliphatic carbocycles. The third-order valence-electron chi connectivity index (χ3n) is 4.46. The van der Waals surface area contributed by atoms with Gasteiger partial charge >= 0.3 is 0 Å². The number of hydrogen-bond acceptors (Lipinski definition) is 4. The van der Waals surface area contributed by atoms with E-state index in [4.69, 9.17) is 21.1 Å². The SMILES string of the molecule is COc1ccc(/C=C/C(=O)c2cc(C)nn2C)cc1COc1ccc(C)cc1Cl. The molecule has 0 aliphatic heterocycles. The van der Waals surface area contributed by atoms with Crippen LogP contribution in [0.4, 0.5) is 0 Å². The van der Waals surface area contributed by atoms with Gasteiger partial charge in [0.05, 0.1) is 17.8 Å². The average Bonchev–Trinajstić information content (AvgIpc) is 3.03. The summed E-state index contributed by atoms with van der Waals surface area (Å²) in [6.45, 7) is 4.13. The molecule has 150 valence electrons. The van der Waals surface area contributed by atoms with Crippen molar-refractivity contribution in [3.05, 3.63) is 81.6 Å². The lowest BCUT2D eigenvalue weighted by Gasteiger charge is -2.12. The van der Waals surface area contributed by atoms with Crippen LogP contribution in [0, 0.1) is 13.8 Å². The Bertz CT molecular complexity index is 1070. The van der Waals surface area contributed by atoms with Gasteiger partial charge in [0.15, 0.2) is 0 Å². The molecule has 0 radical (unpaired) electrons. The fourth-order valence-electron chi connectivity index (χ4n) is 2.99. The van der Waals surface area contributed by atoms with Crippen molar-refractivity contribution in [3.8, 4) is 11.5 Å². The Morgan fingerprint density at radius 3 is 2.55 bits per heavy atom. The summed E-state index contributed by atoms with van der Waals surface area (Å²) < 4.78 is 12.9. The fourth-order valence-corrected chi connectivity index (χ4v) is 3.28. The van der Waals surface area contributed by atoms with E-state index in [0.29, 0.717) is 28.8 Å². The standard InChI is InChI=1S/C23H23ClN2O3/c1-15-5-9-23(19(24)11-15)29-14-18-13-17(7-10-22(18)28-4)6-8-21(27)20-12-16(2)25-26(20)3/h5-13H,14H2,1-4H3/b8-6+. The van der Waals surface area contributed by atoms with E-state index in [2.05, 4.69) is 5.10 Å². The Labute approximate surface area is 175 Å². The number of ketones is 1. The number of halogens is 1. The van der Waals surface area contributed by atoms with Gasteiger partial charge in [-0.05, 0) is 61.4 Å². The van der Waals surface area contributed by atoms with E-state index >= 15 is 0 Å². The molecule has 0 saturated carbocycles. The zero-order valence-electron chi connectivity index (χ0n) is 16.9. The summed E-state index contributed by atoms with van der Waals surface area (Å²) in [5.74, 6) is 1.22. The lowest BCUT2D eigenvalue weighted by molar-refractivity contribution is 0.103. The van der Waals surface area contributed by atoms with Crippen molar-refractivity contribution in [2.75, 3.05) is 7.11 Å². The van der Waals surface area contributed by atoms with Gasteiger partial charge in [0.25, 0.3) is 0 Å². The largest absolute Gasteiger partial charge is 0.496 e. The summed E-state index contributed by atoms with van der Waals surface area (Å²) in [4.78, 5) is 12.4. The third kappa shape index (κ3) is 5.06. The van der Waals surface area contributed by atoms with Crippen LogP contribution >= 0.6 is 11.6 Å². The van der Waals surface area contributed by atoms with Crippen molar-refractivity contribution < 1.29 is 14.3 Å². The number of methoxy groups -OCH3 is 1. The summed E-state index contributed by atoms with van der Waals surface area (Å²) in [5.41, 5.74) is 4.15. The van der Waals surface area contributed by atoms with E-state index < -0.39 is 0 Å². The number of carbonyl (C=O) groups is 1. The zero-order valence-corrected chi connectivity index (χ0v) is 17.7. The average molecular weight is 411 g/mol. The van der Waals surface area contributed by atoms with Gasteiger partial charge in [-0.2, -0.15) is 5.10 Å². The normalized spacial score (nSPS) is 11.1. The molecular formula is C23H23ClN2O3. The first kappa shape index (κ1) is 20.7. The maximum Gasteiger partial charge on any atom is 0.203 e. The molecule has 0 fully saturated rings. The molecule has 29 heavy (non-hydrogen) atoms. The lowest BCUT2D eigenvalue weighted by atomic mass is 10.1. The maximum atomic E-state index is 12.4. The Morgan fingerprint density at radius 1 is 1.14 bits per heavy atom. The quantitative estimate of drug-likeness (QED) is 0.398. The van der Waals surface area contributed by atoms with Crippen molar-refractivity contribution in [1.82, 2.24) is 9.78 Å². The van der Waals surface area contributed by atoms with E-state index in [9.17, 15) is 4.79 Å². The van der Waals surface area contributed by atoms with Crippen LogP contribution in [0.2, 0.25) is 5.02 Å². The van der Waals surface area contributed by atoms with Gasteiger partial charge in [-0.15, -0.1) is 0 Å². The molecule has 0 spiro atoms. The van der Waals surface area contributed by atoms with Gasteiger partial charge in [0, 0.05) is 12.6 Å². The minimum absolute atomic E-state index is 0.104. The topological polar surface area (TPSA) is 53.3 Å². The highest BCUT2D eigenvalue weighted by atomic mass is 35.5. The van der Waals surface area contributed by atoms with Crippen LogP contribution in [0.1, 0.15) is 32.9 Å². The van der Waals surface area contributed by atoms with Gasteiger partial charge in [-0.1, -0.05) is 29.8 Å². The first-order valence-electron chi connectivity index (χ1n) is 9.16. The molecule has 0 bridgehead atoms. The summed E-state index contributed by atoms with van der Waals surface area (Å²) in [5, 5.41) is 4.77. The Morgan fingerprint density at radius 2 is 1.90 bits per heavy atom. The van der Waals surface area contributed by atoms with Crippen molar-refractivity contribution in [3.63, 3.8) is 0 Å². The van der Waals surface area contributed by atoms with Crippen LogP contribution in [-0.4, -0.2) is 22.7 Å². The van der Waals surface area contributed by atoms with Crippen molar-refractivity contribution >= 4 is 23.5 Å². The van der Waals surface area contributed by atoms with Gasteiger partial charge in [0.2, 0.25) is 5.78 Å². The molecule has 5 nitrogen and oxygen atoms in total. The van der Waals surface area contributed by atoms with Crippen LogP contribution in [0.5, 0.6) is 11.5 Å². The summed E-state index contributed by atoms with van der Waals surface area (Å²) >= 11 is 6.25. The van der Waals surface area contributed by atoms with Gasteiger partial charge in [-0.25, -0.2) is 0 Å². The molecule has 0 unspecified atom stereocenters. The molecule has 0 amide bonds. The monoisotopic (exact) mass is 410 g/mol. The smallest absolute Gasteiger partial charge is 0.203 e. The predicted molar refractivity (Wildman–Crippen MR) is 115 cm³/mol. The molecule has 1 aromatic heterocycles. The second-order valence-electron chi connectivity index (χ2n) is 6.79. The van der Waals surface area contributed by atoms with Crippen LogP contribution in [0.3, 0.4) is 0 Å². The van der Waals surface area contributed by atoms with E-state index in [1.807, 2.05) is 50.2 Å². The van der Waals surface area contributed by atoms with E-state index in [1.54, 1.807) is 37.1 Å². The van der Waals surface area contributed by atoms with Gasteiger partial charge < -0.3 is 9.47 Å². The number of rotatable bonds is 7. The Hall–Kier alpha value is -3.05. The molecule has 1 heterocycles. The van der Waals surface area contributed by atoms with E-state index in [1.165, 1.54) is 0 Å². The lowest BCUT2D eigenvalue weighted by Crippen LogP contribution is -2.04. The number of hydrogen-bond donors (Lipinski definition) is 0. The molecular weight excluding hydrogens is 388 g/mol. The molecule has 0 saturated heterocycles. The maximum absolute atomic E-state index is 12.4. The molecule has 3 aromatic rings. The second-order valence-corrected chi connectivity index (χ2v) is 7.19. The molecule has 0 atom stereocenters. The van der Waals surface area contributed by atoms with Crippen molar-refractivity contribution in [1.29, 1.82) is 0 Å². The van der Waals surface area contributed by atoms with Crippen LogP contribution in [0.25, 0.3) is 6.08 Å². The Kier molecular flexibility index (Phi) is 6.39. The predicted octanol–water partition coefficient (Wildman–Crippen LogP) is 5.17. The van der Waals surface area contributed by atoms with Crippen molar-refractivity contribution in [2.45, 2.75) is 20.5 Å². The summed E-state index contributed by atoms with van der Waals surface area (Å²) in [7, 11) is 3.37. The first-order valence-corrected chi connectivity index (χ1v) is 9.54. The van der Waals surface area contributed by atoms with Crippen LogP contribution in [0.15, 0.2) is 48.5 Å². The van der Waals surface area contributed by atoms with Gasteiger partial charge in [0.1, 0.15) is 23.8 Å². The third-order valence-corrected chi connectivity index (χ3v) is 4.75. The molecule has 0 aliphatic rings.